The molecule has 0 bridgehead atoms. The van der Waals surface area contributed by atoms with E-state index in [1.807, 2.05) is 0 Å². The Balaban J connectivity index is 2.95. The van der Waals surface area contributed by atoms with Gasteiger partial charge in [-0.05, 0) is 11.6 Å². The second kappa shape index (κ2) is 6.44. The van der Waals surface area contributed by atoms with Gasteiger partial charge in [0.25, 0.3) is 0 Å². The molecule has 0 aliphatic carbocycles. The fourth-order valence-electron chi connectivity index (χ4n) is 1.66. The number of hydrogen-bond acceptors (Lipinski definition) is 2. The Morgan fingerprint density at radius 2 is 1.74 bits per heavy atom. The highest BCUT2D eigenvalue weighted by Crippen LogP contribution is 2.30. The van der Waals surface area contributed by atoms with Crippen molar-refractivity contribution in [2.45, 2.75) is 32.0 Å². The highest BCUT2D eigenvalue weighted by Gasteiger charge is 2.48. The van der Waals surface area contributed by atoms with Crippen molar-refractivity contribution in [1.29, 1.82) is 0 Å². The monoisotopic (exact) mass is 300 g/mol. The molecule has 0 aliphatic rings. The first kappa shape index (κ1) is 16.1. The maximum atomic E-state index is 12.4. The van der Waals surface area contributed by atoms with Gasteiger partial charge in [0.15, 0.2) is 0 Å². The number of hydrogen-bond donors (Lipinski definition) is 0. The van der Waals surface area contributed by atoms with Crippen LogP contribution in [0.5, 0.6) is 0 Å². The highest BCUT2D eigenvalue weighted by atomic mass is 28.4. The zero-order valence-corrected chi connectivity index (χ0v) is 11.1. The van der Waals surface area contributed by atoms with E-state index in [2.05, 4.69) is 8.85 Å². The topological polar surface area (TPSA) is 18.5 Å². The molecule has 108 valence electrons. The van der Waals surface area contributed by atoms with Crippen LogP contribution in [0.4, 0.5) is 22.0 Å². The molecule has 0 aliphatic heterocycles. The van der Waals surface area contributed by atoms with Gasteiger partial charge in [-0.2, -0.15) is 8.78 Å². The Kier molecular flexibility index (Phi) is 5.45. The van der Waals surface area contributed by atoms with E-state index in [-0.39, 0.29) is 12.1 Å². The summed E-state index contributed by atoms with van der Waals surface area (Å²) in [7, 11) is -4.08. The zero-order valence-electron chi connectivity index (χ0n) is 10.1. The van der Waals surface area contributed by atoms with Crippen LogP contribution in [0.2, 0.25) is 6.04 Å². The van der Waals surface area contributed by atoms with Crippen LogP contribution in [0.3, 0.4) is 0 Å². The first-order chi connectivity index (χ1) is 8.76. The molecule has 0 N–H and O–H groups in total. The standard InChI is InChI=1S/C11H13F5O2Si/c1-2-19(17-10(12)13,18-11(14,15)16)8-9-6-4-3-5-7-9/h3-7,10H,2,8H2,1H3. The van der Waals surface area contributed by atoms with Crippen LogP contribution in [0.25, 0.3) is 0 Å². The van der Waals surface area contributed by atoms with Crippen LogP contribution in [0.15, 0.2) is 30.3 Å². The molecule has 2 nitrogen and oxygen atoms in total. The van der Waals surface area contributed by atoms with Gasteiger partial charge in [-0.3, -0.25) is 0 Å². The van der Waals surface area contributed by atoms with E-state index in [9.17, 15) is 22.0 Å². The first-order valence-electron chi connectivity index (χ1n) is 5.53. The fraction of sp³-hybridized carbons (Fsp3) is 0.455. The van der Waals surface area contributed by atoms with Crippen LogP contribution in [0, 0.1) is 0 Å². The molecule has 0 spiro atoms. The maximum Gasteiger partial charge on any atom is 0.514 e. The number of benzene rings is 1. The van der Waals surface area contributed by atoms with Gasteiger partial charge >= 0.3 is 21.5 Å². The van der Waals surface area contributed by atoms with E-state index in [4.69, 9.17) is 0 Å². The molecule has 1 aromatic carbocycles. The second-order valence-corrected chi connectivity index (χ2v) is 7.17. The lowest BCUT2D eigenvalue weighted by atomic mass is 10.2. The quantitative estimate of drug-likeness (QED) is 0.584. The molecule has 0 saturated carbocycles. The Bertz CT molecular complexity index is 384. The molecular weight excluding hydrogens is 287 g/mol. The van der Waals surface area contributed by atoms with Gasteiger partial charge in [0.05, 0.1) is 0 Å². The van der Waals surface area contributed by atoms with Gasteiger partial charge in [-0.25, -0.2) is 0 Å². The lowest BCUT2D eigenvalue weighted by Gasteiger charge is -2.30. The summed E-state index contributed by atoms with van der Waals surface area (Å²) in [5, 5.41) is 0. The summed E-state index contributed by atoms with van der Waals surface area (Å²) in [5.41, 5.74) is 0.473. The third-order valence-electron chi connectivity index (χ3n) is 2.46. The molecule has 0 fully saturated rings. The van der Waals surface area contributed by atoms with E-state index >= 15 is 0 Å². The van der Waals surface area contributed by atoms with E-state index in [0.29, 0.717) is 5.56 Å². The molecule has 19 heavy (non-hydrogen) atoms. The molecule has 0 amide bonds. The zero-order chi connectivity index (χ0) is 14.5. The van der Waals surface area contributed by atoms with Gasteiger partial charge in [-0.15, -0.1) is 13.2 Å². The molecule has 1 aromatic rings. The SMILES string of the molecule is CC[Si](Cc1ccccc1)(OC(F)F)OC(F)(F)F. The van der Waals surface area contributed by atoms with E-state index in [1.54, 1.807) is 30.3 Å². The molecule has 8 heteroatoms. The predicted octanol–water partition coefficient (Wildman–Crippen LogP) is 4.01. The van der Waals surface area contributed by atoms with Crippen LogP contribution in [-0.2, 0) is 14.9 Å². The lowest BCUT2D eigenvalue weighted by molar-refractivity contribution is -0.293. The van der Waals surface area contributed by atoms with Gasteiger partial charge in [0.1, 0.15) is 0 Å². The summed E-state index contributed by atoms with van der Waals surface area (Å²) in [6.45, 7) is -1.94. The molecule has 0 heterocycles. The van der Waals surface area contributed by atoms with Gasteiger partial charge in [0.2, 0.25) is 0 Å². The first-order valence-corrected chi connectivity index (χ1v) is 7.76. The van der Waals surface area contributed by atoms with Crippen molar-refractivity contribution in [3.63, 3.8) is 0 Å². The van der Waals surface area contributed by atoms with Gasteiger partial charge in [-0.1, -0.05) is 37.3 Å². The molecular formula is C11H13F5O2Si. The van der Waals surface area contributed by atoms with Crippen LogP contribution >= 0.6 is 0 Å². The second-order valence-electron chi connectivity index (χ2n) is 3.85. The largest absolute Gasteiger partial charge is 0.514 e. The highest BCUT2D eigenvalue weighted by molar-refractivity contribution is 6.66. The van der Waals surface area contributed by atoms with Crippen molar-refractivity contribution in [3.8, 4) is 0 Å². The molecule has 1 atom stereocenters. The van der Waals surface area contributed by atoms with E-state index in [1.165, 1.54) is 6.92 Å². The van der Waals surface area contributed by atoms with Gasteiger partial charge < -0.3 is 8.85 Å². The smallest absolute Gasteiger partial charge is 0.338 e. The lowest BCUT2D eigenvalue weighted by Crippen LogP contribution is -2.49. The third kappa shape index (κ3) is 5.66. The third-order valence-corrected chi connectivity index (χ3v) is 5.70. The van der Waals surface area contributed by atoms with Crippen molar-refractivity contribution < 1.29 is 30.8 Å². The summed E-state index contributed by atoms with van der Waals surface area (Å²) in [6.07, 6.45) is -4.99. The van der Waals surface area contributed by atoms with Crippen molar-refractivity contribution >= 4 is 8.56 Å². The molecule has 0 radical (unpaired) electrons. The molecule has 1 rings (SSSR count). The molecule has 0 aromatic heterocycles. The van der Waals surface area contributed by atoms with Crippen LogP contribution in [-0.4, -0.2) is 21.5 Å². The normalized spacial score (nSPS) is 15.5. The van der Waals surface area contributed by atoms with Crippen LogP contribution < -0.4 is 0 Å². The fourth-order valence-corrected chi connectivity index (χ4v) is 4.03. The summed E-state index contributed by atoms with van der Waals surface area (Å²) < 4.78 is 70.0. The Labute approximate surface area is 108 Å². The van der Waals surface area contributed by atoms with E-state index < -0.39 is 21.5 Å². The summed E-state index contributed by atoms with van der Waals surface area (Å²) in [5.74, 6) is 0. The molecule has 1 unspecified atom stereocenters. The average Bonchev–Trinajstić information content (AvgIpc) is 2.27. The van der Waals surface area contributed by atoms with E-state index in [0.717, 1.165) is 0 Å². The summed E-state index contributed by atoms with van der Waals surface area (Å²) in [6, 6.07) is 7.48. The van der Waals surface area contributed by atoms with Crippen molar-refractivity contribution in [2.24, 2.45) is 0 Å². The molecule has 0 saturated heterocycles. The minimum absolute atomic E-state index is 0.230. The number of halogens is 5. The summed E-state index contributed by atoms with van der Waals surface area (Å²) in [4.78, 5) is 0. The predicted molar refractivity (Wildman–Crippen MR) is 60.6 cm³/mol. The Morgan fingerprint density at radius 1 is 1.16 bits per heavy atom. The Morgan fingerprint density at radius 3 is 2.16 bits per heavy atom. The van der Waals surface area contributed by atoms with Crippen molar-refractivity contribution in [3.05, 3.63) is 35.9 Å². The van der Waals surface area contributed by atoms with Crippen molar-refractivity contribution in [1.82, 2.24) is 0 Å². The minimum atomic E-state index is -4.99. The summed E-state index contributed by atoms with van der Waals surface area (Å²) >= 11 is 0. The minimum Gasteiger partial charge on any atom is -0.338 e. The van der Waals surface area contributed by atoms with Crippen LogP contribution in [0.1, 0.15) is 12.5 Å². The number of rotatable bonds is 6. The maximum absolute atomic E-state index is 12.4. The van der Waals surface area contributed by atoms with Gasteiger partial charge in [0, 0.05) is 6.04 Å². The Hall–Kier alpha value is -0.993. The van der Waals surface area contributed by atoms with Crippen molar-refractivity contribution in [2.75, 3.05) is 0 Å². The average molecular weight is 300 g/mol. The number of alkyl halides is 5.